The molecule has 72 valence electrons. The predicted octanol–water partition coefficient (Wildman–Crippen LogP) is 1.86. The van der Waals surface area contributed by atoms with Gasteiger partial charge in [0.15, 0.2) is 6.29 Å². The Kier molecular flexibility index (Phi) is 3.86. The molecule has 1 rings (SSSR count). The average molecular weight is 294 g/mol. The van der Waals surface area contributed by atoms with Crippen molar-refractivity contribution >= 4 is 28.9 Å². The van der Waals surface area contributed by atoms with Gasteiger partial charge < -0.3 is 4.74 Å². The molecule has 1 heterocycles. The molecule has 0 fully saturated rings. The lowest BCUT2D eigenvalue weighted by Gasteiger charge is -2.10. The highest BCUT2D eigenvalue weighted by atomic mass is 127. The van der Waals surface area contributed by atoms with Gasteiger partial charge in [-0.15, -0.1) is 0 Å². The second kappa shape index (κ2) is 4.71. The Hall–Kier alpha value is -0.430. The highest BCUT2D eigenvalue weighted by Gasteiger charge is 2.09. The summed E-state index contributed by atoms with van der Waals surface area (Å²) in [6, 6.07) is 0. The Labute approximate surface area is 90.4 Å². The SMILES string of the molecule is CCOC(C)n1cc(I)c(C=O)n1. The van der Waals surface area contributed by atoms with Crippen LogP contribution in [0.5, 0.6) is 0 Å². The van der Waals surface area contributed by atoms with E-state index in [1.807, 2.05) is 13.8 Å². The van der Waals surface area contributed by atoms with Crippen LogP contribution in [-0.4, -0.2) is 22.7 Å². The van der Waals surface area contributed by atoms with Crippen LogP contribution in [0, 0.1) is 3.57 Å². The van der Waals surface area contributed by atoms with Gasteiger partial charge in [0.05, 0.1) is 3.57 Å². The van der Waals surface area contributed by atoms with Crippen LogP contribution in [0.25, 0.3) is 0 Å². The van der Waals surface area contributed by atoms with Crippen LogP contribution in [0.15, 0.2) is 6.20 Å². The lowest BCUT2D eigenvalue weighted by molar-refractivity contribution is 0.0158. The number of rotatable bonds is 4. The van der Waals surface area contributed by atoms with Crippen molar-refractivity contribution in [3.05, 3.63) is 15.5 Å². The molecule has 0 spiro atoms. The van der Waals surface area contributed by atoms with Crippen molar-refractivity contribution in [1.82, 2.24) is 9.78 Å². The first-order chi connectivity index (χ1) is 6.19. The van der Waals surface area contributed by atoms with E-state index in [1.54, 1.807) is 10.9 Å². The first kappa shape index (κ1) is 10.6. The van der Waals surface area contributed by atoms with E-state index in [4.69, 9.17) is 4.74 Å². The molecule has 1 atom stereocenters. The van der Waals surface area contributed by atoms with E-state index in [9.17, 15) is 4.79 Å². The summed E-state index contributed by atoms with van der Waals surface area (Å²) in [7, 11) is 0. The lowest BCUT2D eigenvalue weighted by Crippen LogP contribution is -2.09. The topological polar surface area (TPSA) is 44.1 Å². The third kappa shape index (κ3) is 2.50. The van der Waals surface area contributed by atoms with Crippen LogP contribution in [0.2, 0.25) is 0 Å². The minimum absolute atomic E-state index is 0.118. The van der Waals surface area contributed by atoms with Crippen LogP contribution in [0.3, 0.4) is 0 Å². The minimum atomic E-state index is -0.118. The van der Waals surface area contributed by atoms with Crippen molar-refractivity contribution < 1.29 is 9.53 Å². The van der Waals surface area contributed by atoms with Crippen molar-refractivity contribution in [2.75, 3.05) is 6.61 Å². The summed E-state index contributed by atoms with van der Waals surface area (Å²) in [5.41, 5.74) is 0.465. The first-order valence-electron chi connectivity index (χ1n) is 4.00. The zero-order valence-corrected chi connectivity index (χ0v) is 9.69. The second-order valence-corrected chi connectivity index (χ2v) is 3.68. The molecule has 0 saturated carbocycles. The summed E-state index contributed by atoms with van der Waals surface area (Å²) >= 11 is 2.07. The molecule has 0 aliphatic carbocycles. The van der Waals surface area contributed by atoms with E-state index in [-0.39, 0.29) is 6.23 Å². The third-order valence-corrected chi connectivity index (χ3v) is 2.44. The highest BCUT2D eigenvalue weighted by molar-refractivity contribution is 14.1. The molecule has 1 unspecified atom stereocenters. The molecular weight excluding hydrogens is 283 g/mol. The van der Waals surface area contributed by atoms with Crippen LogP contribution in [0.1, 0.15) is 30.6 Å². The largest absolute Gasteiger partial charge is 0.357 e. The van der Waals surface area contributed by atoms with Gasteiger partial charge in [-0.25, -0.2) is 4.68 Å². The molecule has 5 heteroatoms. The monoisotopic (exact) mass is 294 g/mol. The fraction of sp³-hybridized carbons (Fsp3) is 0.500. The fourth-order valence-corrected chi connectivity index (χ4v) is 1.49. The maximum atomic E-state index is 10.5. The molecule has 1 aromatic rings. The van der Waals surface area contributed by atoms with E-state index >= 15 is 0 Å². The molecule has 0 amide bonds. The summed E-state index contributed by atoms with van der Waals surface area (Å²) in [5, 5.41) is 4.06. The molecule has 0 aliphatic rings. The number of ether oxygens (including phenoxy) is 1. The number of hydrogen-bond donors (Lipinski definition) is 0. The molecule has 0 saturated heterocycles. The lowest BCUT2D eigenvalue weighted by atomic mass is 10.5. The van der Waals surface area contributed by atoms with Gasteiger partial charge in [0.1, 0.15) is 11.9 Å². The smallest absolute Gasteiger partial charge is 0.171 e. The van der Waals surface area contributed by atoms with Crippen LogP contribution >= 0.6 is 22.6 Å². The zero-order valence-electron chi connectivity index (χ0n) is 7.53. The van der Waals surface area contributed by atoms with Gasteiger partial charge in [-0.05, 0) is 36.4 Å². The maximum absolute atomic E-state index is 10.5. The highest BCUT2D eigenvalue weighted by Crippen LogP contribution is 2.12. The Morgan fingerprint density at radius 2 is 2.54 bits per heavy atom. The van der Waals surface area contributed by atoms with Gasteiger partial charge in [0.25, 0.3) is 0 Å². The molecule has 0 N–H and O–H groups in total. The number of nitrogens with zero attached hydrogens (tertiary/aromatic N) is 2. The molecule has 0 aliphatic heterocycles. The fourth-order valence-electron chi connectivity index (χ4n) is 0.967. The van der Waals surface area contributed by atoms with E-state index in [0.29, 0.717) is 12.3 Å². The van der Waals surface area contributed by atoms with Crippen molar-refractivity contribution in [2.45, 2.75) is 20.1 Å². The van der Waals surface area contributed by atoms with E-state index in [1.165, 1.54) is 0 Å². The second-order valence-electron chi connectivity index (χ2n) is 2.51. The Balaban J connectivity index is 2.83. The Morgan fingerprint density at radius 1 is 1.85 bits per heavy atom. The minimum Gasteiger partial charge on any atom is -0.357 e. The molecule has 4 nitrogen and oxygen atoms in total. The summed E-state index contributed by atoms with van der Waals surface area (Å²) in [5.74, 6) is 0. The van der Waals surface area contributed by atoms with Crippen LogP contribution < -0.4 is 0 Å². The van der Waals surface area contributed by atoms with Crippen LogP contribution in [-0.2, 0) is 4.74 Å². The predicted molar refractivity (Wildman–Crippen MR) is 56.7 cm³/mol. The normalized spacial score (nSPS) is 12.8. The van der Waals surface area contributed by atoms with Gasteiger partial charge in [-0.2, -0.15) is 5.10 Å². The number of carbonyl (C=O) groups is 1. The number of aromatic nitrogens is 2. The van der Waals surface area contributed by atoms with Gasteiger partial charge in [-0.3, -0.25) is 4.79 Å². The quantitative estimate of drug-likeness (QED) is 0.629. The standard InChI is InChI=1S/C8H11IN2O2/c1-3-13-6(2)11-4-7(9)8(5-12)10-11/h4-6H,3H2,1-2H3. The molecule has 0 bridgehead atoms. The average Bonchev–Trinajstić information content (AvgIpc) is 2.47. The molecule has 0 radical (unpaired) electrons. The number of halogens is 1. The van der Waals surface area contributed by atoms with Crippen molar-refractivity contribution in [3.63, 3.8) is 0 Å². The van der Waals surface area contributed by atoms with E-state index in [2.05, 4.69) is 27.7 Å². The van der Waals surface area contributed by atoms with Gasteiger partial charge >= 0.3 is 0 Å². The molecule has 0 aromatic carbocycles. The van der Waals surface area contributed by atoms with Crippen molar-refractivity contribution in [2.24, 2.45) is 0 Å². The van der Waals surface area contributed by atoms with Crippen molar-refractivity contribution in [1.29, 1.82) is 0 Å². The van der Waals surface area contributed by atoms with Gasteiger partial charge in [0, 0.05) is 12.8 Å². The van der Waals surface area contributed by atoms with E-state index < -0.39 is 0 Å². The molecule has 1 aromatic heterocycles. The summed E-state index contributed by atoms with van der Waals surface area (Å²) < 4.78 is 7.82. The summed E-state index contributed by atoms with van der Waals surface area (Å²) in [6.07, 6.45) is 2.42. The van der Waals surface area contributed by atoms with Crippen molar-refractivity contribution in [3.8, 4) is 0 Å². The summed E-state index contributed by atoms with van der Waals surface area (Å²) in [4.78, 5) is 10.5. The number of aldehydes is 1. The Bertz CT molecular complexity index is 298. The summed E-state index contributed by atoms with van der Waals surface area (Å²) in [6.45, 7) is 4.45. The van der Waals surface area contributed by atoms with Crippen LogP contribution in [0.4, 0.5) is 0 Å². The number of carbonyl (C=O) groups excluding carboxylic acids is 1. The number of hydrogen-bond acceptors (Lipinski definition) is 3. The zero-order chi connectivity index (χ0) is 9.84. The Morgan fingerprint density at radius 3 is 3.00 bits per heavy atom. The van der Waals surface area contributed by atoms with E-state index in [0.717, 1.165) is 9.86 Å². The first-order valence-corrected chi connectivity index (χ1v) is 5.08. The molecule has 13 heavy (non-hydrogen) atoms. The third-order valence-electron chi connectivity index (χ3n) is 1.61. The van der Waals surface area contributed by atoms with Gasteiger partial charge in [-0.1, -0.05) is 0 Å². The molecular formula is C8H11IN2O2. The maximum Gasteiger partial charge on any atom is 0.171 e. The van der Waals surface area contributed by atoms with Gasteiger partial charge in [0.2, 0.25) is 0 Å².